The van der Waals surface area contributed by atoms with Crippen LogP contribution in [0, 0.1) is 27.0 Å². The number of rotatable bonds is 5. The molecule has 0 aromatic carbocycles. The highest BCUT2D eigenvalue weighted by Gasteiger charge is 2.09. The van der Waals surface area contributed by atoms with E-state index in [2.05, 4.69) is 0 Å². The van der Waals surface area contributed by atoms with Gasteiger partial charge in [-0.25, -0.2) is 51.0 Å². The summed E-state index contributed by atoms with van der Waals surface area (Å²) in [5.41, 5.74) is 10.4. The Balaban J connectivity index is -0.0000000501. The van der Waals surface area contributed by atoms with Crippen LogP contribution in [0.15, 0.2) is 0 Å². The van der Waals surface area contributed by atoms with Crippen molar-refractivity contribution in [3.63, 3.8) is 0 Å². The Labute approximate surface area is 141 Å². The standard InChI is InChI=1S/C6H14N2O2.5CHNO/c7-4-2-1-3-5(8)6(9)10;5*2-1-3/h5H,1-4,7-8H2,(H,9,10);5*2H. The maximum atomic E-state index is 10.1. The molecule has 0 aliphatic heterocycles. The first-order valence-electron chi connectivity index (χ1n) is 5.64. The van der Waals surface area contributed by atoms with Gasteiger partial charge in [-0.05, 0) is 19.4 Å². The van der Waals surface area contributed by atoms with E-state index in [1.807, 2.05) is 0 Å². The average molecular weight is 361 g/mol. The number of aliphatic carboxylic acids is 1. The van der Waals surface area contributed by atoms with Crippen LogP contribution in [0.3, 0.4) is 0 Å². The molecule has 0 saturated carbocycles. The van der Waals surface area contributed by atoms with E-state index < -0.39 is 12.0 Å². The third kappa shape index (κ3) is 243. The van der Waals surface area contributed by atoms with Crippen molar-refractivity contribution in [2.75, 3.05) is 6.54 Å². The molecule has 1 atom stereocenters. The lowest BCUT2D eigenvalue weighted by Gasteiger charge is -2.03. The lowest BCUT2D eigenvalue weighted by molar-refractivity contribution is -0.138. The van der Waals surface area contributed by atoms with Crippen LogP contribution in [-0.2, 0) is 28.8 Å². The van der Waals surface area contributed by atoms with Gasteiger partial charge < -0.3 is 16.6 Å². The molecular weight excluding hydrogens is 342 g/mol. The molecule has 14 heteroatoms. The Morgan fingerprint density at radius 3 is 1.20 bits per heavy atom. The summed E-state index contributed by atoms with van der Waals surface area (Å²) in [6, 6.07) is -0.716. The molecule has 140 valence electrons. The molecule has 0 aromatic rings. The number of nitrogens with one attached hydrogen (secondary N) is 5. The summed E-state index contributed by atoms with van der Waals surface area (Å²) < 4.78 is 0. The maximum absolute atomic E-state index is 10.1. The Morgan fingerprint density at radius 1 is 0.800 bits per heavy atom. The van der Waals surface area contributed by atoms with Crippen LogP contribution in [0.25, 0.3) is 0 Å². The fourth-order valence-corrected chi connectivity index (χ4v) is 0.632. The number of nitrogens with two attached hydrogens (primary N) is 2. The second kappa shape index (κ2) is 59.2. The van der Waals surface area contributed by atoms with Crippen molar-refractivity contribution >= 4 is 36.4 Å². The lowest BCUT2D eigenvalue weighted by atomic mass is 10.1. The number of isocyanates is 5. The fraction of sp³-hybridized carbons (Fsp3) is 0.455. The minimum Gasteiger partial charge on any atom is -0.480 e. The Morgan fingerprint density at radius 2 is 1.04 bits per heavy atom. The smallest absolute Gasteiger partial charge is 0.320 e. The maximum Gasteiger partial charge on any atom is 0.320 e. The van der Waals surface area contributed by atoms with Gasteiger partial charge in [0.1, 0.15) is 6.04 Å². The summed E-state index contributed by atoms with van der Waals surface area (Å²) in [6.45, 7) is 0.604. The minimum atomic E-state index is -0.933. The van der Waals surface area contributed by atoms with Crippen molar-refractivity contribution in [2.24, 2.45) is 11.5 Å². The van der Waals surface area contributed by atoms with Gasteiger partial charge in [-0.15, -0.1) is 0 Å². The first-order valence-corrected chi connectivity index (χ1v) is 5.64. The molecule has 0 aliphatic rings. The Bertz CT molecular complexity index is 382. The van der Waals surface area contributed by atoms with Crippen LogP contribution in [0.5, 0.6) is 0 Å². The van der Waals surface area contributed by atoms with E-state index in [-0.39, 0.29) is 0 Å². The molecule has 0 aliphatic carbocycles. The molecule has 0 rings (SSSR count). The molecule has 0 amide bonds. The van der Waals surface area contributed by atoms with Crippen LogP contribution in [0.1, 0.15) is 19.3 Å². The summed E-state index contributed by atoms with van der Waals surface area (Å²) >= 11 is 0. The number of carboxylic acid groups (broad SMARTS) is 1. The summed E-state index contributed by atoms with van der Waals surface area (Å²) in [6.07, 6.45) is 5.91. The van der Waals surface area contributed by atoms with E-state index in [4.69, 9.17) is 67.6 Å². The quantitative estimate of drug-likeness (QED) is 0.169. The van der Waals surface area contributed by atoms with Crippen molar-refractivity contribution in [3.8, 4) is 0 Å². The number of carbonyl (C=O) groups is 1. The van der Waals surface area contributed by atoms with Crippen LogP contribution < -0.4 is 11.5 Å². The number of hydrogen-bond acceptors (Lipinski definition) is 13. The first-order chi connectivity index (χ1) is 11.8. The van der Waals surface area contributed by atoms with E-state index in [1.54, 1.807) is 0 Å². The van der Waals surface area contributed by atoms with Crippen LogP contribution in [-0.4, -0.2) is 54.1 Å². The molecule has 0 radical (unpaired) electrons. The van der Waals surface area contributed by atoms with Gasteiger partial charge in [0.25, 0.3) is 0 Å². The highest BCUT2D eigenvalue weighted by molar-refractivity contribution is 5.72. The van der Waals surface area contributed by atoms with Gasteiger partial charge >= 0.3 is 5.97 Å². The minimum absolute atomic E-state index is 0.520. The zero-order chi connectivity index (χ0) is 21.5. The first kappa shape index (κ1) is 37.5. The lowest BCUT2D eigenvalue weighted by Crippen LogP contribution is -2.29. The molecule has 10 N–H and O–H groups in total. The summed E-state index contributed by atoms with van der Waals surface area (Å²) in [5.74, 6) is -0.933. The molecule has 0 fully saturated rings. The second-order valence-corrected chi connectivity index (χ2v) is 2.74. The van der Waals surface area contributed by atoms with Crippen molar-refractivity contribution in [1.82, 2.24) is 0 Å². The van der Waals surface area contributed by atoms with Crippen LogP contribution in [0.4, 0.5) is 0 Å². The monoisotopic (exact) mass is 361 g/mol. The predicted octanol–water partition coefficient (Wildman–Crippen LogP) is -0.968. The van der Waals surface area contributed by atoms with Crippen molar-refractivity contribution < 1.29 is 33.9 Å². The van der Waals surface area contributed by atoms with E-state index in [0.717, 1.165) is 43.2 Å². The van der Waals surface area contributed by atoms with E-state index in [1.165, 1.54) is 0 Å². The molecule has 0 spiro atoms. The van der Waals surface area contributed by atoms with Crippen molar-refractivity contribution in [3.05, 3.63) is 0 Å². The summed E-state index contributed by atoms with van der Waals surface area (Å²) in [7, 11) is 0. The van der Waals surface area contributed by atoms with Gasteiger partial charge in [-0.2, -0.15) is 0 Å². The van der Waals surface area contributed by atoms with Crippen molar-refractivity contribution in [1.29, 1.82) is 27.0 Å². The SMILES string of the molecule is N=C=O.N=C=O.N=C=O.N=C=O.N=C=O.NCCCCC(N)C(=O)O. The van der Waals surface area contributed by atoms with E-state index in [0.29, 0.717) is 13.0 Å². The highest BCUT2D eigenvalue weighted by Crippen LogP contribution is 1.96. The van der Waals surface area contributed by atoms with Gasteiger partial charge in [0.2, 0.25) is 30.4 Å². The molecule has 14 nitrogen and oxygen atoms in total. The third-order valence-corrected chi connectivity index (χ3v) is 1.29. The molecule has 0 saturated heterocycles. The summed E-state index contributed by atoms with van der Waals surface area (Å²) in [5, 5.41) is 35.3. The van der Waals surface area contributed by atoms with E-state index in [9.17, 15) is 4.79 Å². The number of carbonyl (C=O) groups excluding carboxylic acids is 5. The second-order valence-electron chi connectivity index (χ2n) is 2.74. The zero-order valence-electron chi connectivity index (χ0n) is 13.0. The number of unbranched alkanes of at least 4 members (excludes halogenated alkanes) is 1. The average Bonchev–Trinajstić information content (AvgIpc) is 2.51. The van der Waals surface area contributed by atoms with Crippen molar-refractivity contribution in [2.45, 2.75) is 25.3 Å². The van der Waals surface area contributed by atoms with Gasteiger partial charge in [0.05, 0.1) is 0 Å². The zero-order valence-corrected chi connectivity index (χ0v) is 13.0. The topological polar surface area (TPSA) is 294 Å². The highest BCUT2D eigenvalue weighted by atomic mass is 16.4. The Hall–Kier alpha value is -3.71. The fourth-order valence-electron chi connectivity index (χ4n) is 0.632. The molecular formula is C11H19N7O7. The molecule has 25 heavy (non-hydrogen) atoms. The van der Waals surface area contributed by atoms with Crippen LogP contribution >= 0.6 is 0 Å². The van der Waals surface area contributed by atoms with Crippen LogP contribution in [0.2, 0.25) is 0 Å². The van der Waals surface area contributed by atoms with Gasteiger partial charge in [-0.3, -0.25) is 4.79 Å². The largest absolute Gasteiger partial charge is 0.480 e. The molecule has 0 bridgehead atoms. The molecule has 1 unspecified atom stereocenters. The number of hydrogen-bond donors (Lipinski definition) is 8. The third-order valence-electron chi connectivity index (χ3n) is 1.29. The van der Waals surface area contributed by atoms with Gasteiger partial charge in [-0.1, -0.05) is 6.42 Å². The van der Waals surface area contributed by atoms with Gasteiger partial charge in [0, 0.05) is 0 Å². The number of carboxylic acids is 1. The molecule has 0 heterocycles. The summed E-state index contributed by atoms with van der Waals surface area (Å²) in [4.78, 5) is 51.9. The van der Waals surface area contributed by atoms with E-state index >= 15 is 0 Å². The Kier molecular flexibility index (Phi) is 88.8. The molecule has 0 aromatic heterocycles. The predicted molar refractivity (Wildman–Crippen MR) is 80.6 cm³/mol. The van der Waals surface area contributed by atoms with Gasteiger partial charge in [0.15, 0.2) is 0 Å². The normalized spacial score (nSPS) is 6.80.